The van der Waals surface area contributed by atoms with Gasteiger partial charge in [-0.05, 0) is 60.6 Å². The Morgan fingerprint density at radius 3 is 2.61 bits per heavy atom. The number of para-hydroxylation sites is 1. The zero-order valence-corrected chi connectivity index (χ0v) is 21.4. The first-order chi connectivity index (χ1) is 17.3. The van der Waals surface area contributed by atoms with E-state index in [1.807, 2.05) is 54.6 Å². The quantitative estimate of drug-likeness (QED) is 0.469. The summed E-state index contributed by atoms with van der Waals surface area (Å²) < 4.78 is 24.8. The van der Waals surface area contributed by atoms with Crippen molar-refractivity contribution in [1.29, 1.82) is 0 Å². The van der Waals surface area contributed by atoms with Crippen LogP contribution in [0.1, 0.15) is 50.8 Å². The van der Waals surface area contributed by atoms with E-state index < -0.39 is 19.2 Å². The van der Waals surface area contributed by atoms with Gasteiger partial charge in [-0.1, -0.05) is 62.4 Å². The van der Waals surface area contributed by atoms with E-state index in [0.717, 1.165) is 28.5 Å². The van der Waals surface area contributed by atoms with Crippen molar-refractivity contribution in [2.45, 2.75) is 63.8 Å². The molecule has 188 valence electrons. The molecule has 0 radical (unpaired) electrons. The maximum Gasteiger partial charge on any atom is 0.482 e. The van der Waals surface area contributed by atoms with Crippen molar-refractivity contribution < 1.29 is 23.3 Å². The third-order valence-corrected chi connectivity index (χ3v) is 9.20. The summed E-state index contributed by atoms with van der Waals surface area (Å²) in [6.45, 7) is 6.90. The minimum atomic E-state index is -0.721. The topological polar surface area (TPSA) is 69.9 Å². The Morgan fingerprint density at radius 2 is 1.86 bits per heavy atom. The molecule has 1 aliphatic heterocycles. The Balaban J connectivity index is 1.29. The normalized spacial score (nSPS) is 29.9. The number of amides is 1. The molecule has 1 saturated heterocycles. The van der Waals surface area contributed by atoms with Gasteiger partial charge < -0.3 is 23.8 Å². The average molecular weight is 487 g/mol. The highest BCUT2D eigenvalue weighted by Crippen LogP contribution is 2.65. The van der Waals surface area contributed by atoms with Crippen LogP contribution in [-0.2, 0) is 25.3 Å². The standard InChI is InChI=1S/C29H34BNO5/c1-28(2)20-15-23(28)29(3)24(16-20)35-30(36-29)25(14-19-17-34-22-13-9-8-12-21(19)22)31-27(32)26(33-4)18-10-6-5-7-11-18/h5-13,17,20,23-26H,14-16H2,1-4H3,(H,31,32)/t20-,23-,24+,25?,26?,29-/m0/s1. The van der Waals surface area contributed by atoms with E-state index in [9.17, 15) is 4.79 Å². The minimum absolute atomic E-state index is 0.0344. The molecule has 6 atom stereocenters. The Labute approximate surface area is 212 Å². The number of carbonyl (C=O) groups is 1. The first-order valence-corrected chi connectivity index (χ1v) is 13.0. The first kappa shape index (κ1) is 23.8. The van der Waals surface area contributed by atoms with Crippen molar-refractivity contribution in [3.05, 3.63) is 72.0 Å². The van der Waals surface area contributed by atoms with Gasteiger partial charge >= 0.3 is 7.12 Å². The van der Waals surface area contributed by atoms with E-state index in [-0.39, 0.29) is 23.0 Å². The fraction of sp³-hybridized carbons (Fsp3) is 0.483. The van der Waals surface area contributed by atoms with Crippen LogP contribution in [0.15, 0.2) is 65.3 Å². The SMILES string of the molecule is COC(C(=O)NC(Cc1coc2ccccc12)B1O[C@@H]2C[C@@H]3C[C@@H](C3(C)C)[C@]2(C)O1)c1ccccc1. The molecule has 4 fully saturated rings. The van der Waals surface area contributed by atoms with Gasteiger partial charge in [0, 0.05) is 12.5 Å². The second-order valence-corrected chi connectivity index (χ2v) is 11.4. The van der Waals surface area contributed by atoms with E-state index in [1.165, 1.54) is 6.42 Å². The van der Waals surface area contributed by atoms with Crippen molar-refractivity contribution in [3.63, 3.8) is 0 Å². The van der Waals surface area contributed by atoms with Crippen LogP contribution in [-0.4, -0.2) is 37.8 Å². The number of fused-ring (bicyclic) bond motifs is 1. The highest BCUT2D eigenvalue weighted by molar-refractivity contribution is 6.48. The Hall–Kier alpha value is -2.61. The van der Waals surface area contributed by atoms with Crippen molar-refractivity contribution in [2.75, 3.05) is 7.11 Å². The lowest BCUT2D eigenvalue weighted by atomic mass is 9.43. The maximum absolute atomic E-state index is 13.5. The summed E-state index contributed by atoms with van der Waals surface area (Å²) in [4.78, 5) is 13.5. The van der Waals surface area contributed by atoms with Crippen LogP contribution in [0.3, 0.4) is 0 Å². The first-order valence-electron chi connectivity index (χ1n) is 13.0. The molecule has 2 aromatic carbocycles. The summed E-state index contributed by atoms with van der Waals surface area (Å²) in [7, 11) is 1.00. The molecule has 0 spiro atoms. The Kier molecular flexibility index (Phi) is 5.78. The second-order valence-electron chi connectivity index (χ2n) is 11.4. The molecule has 3 aromatic rings. The number of hydrogen-bond donors (Lipinski definition) is 1. The molecular formula is C29H34BNO5. The molecule has 7 rings (SSSR count). The van der Waals surface area contributed by atoms with Gasteiger partial charge in [-0.3, -0.25) is 4.79 Å². The van der Waals surface area contributed by atoms with E-state index in [2.05, 4.69) is 26.1 Å². The molecule has 1 N–H and O–H groups in total. The van der Waals surface area contributed by atoms with Crippen molar-refractivity contribution in [2.24, 2.45) is 17.3 Å². The number of rotatable bonds is 7. The summed E-state index contributed by atoms with van der Waals surface area (Å²) in [6, 6.07) is 17.5. The molecule has 6 nitrogen and oxygen atoms in total. The van der Waals surface area contributed by atoms with Crippen LogP contribution in [0, 0.1) is 17.3 Å². The summed E-state index contributed by atoms with van der Waals surface area (Å²) in [6.07, 6.45) is 3.79. The monoisotopic (exact) mass is 487 g/mol. The zero-order chi connectivity index (χ0) is 25.1. The molecule has 3 aliphatic carbocycles. The molecular weight excluding hydrogens is 453 g/mol. The Morgan fingerprint density at radius 1 is 1.11 bits per heavy atom. The zero-order valence-electron chi connectivity index (χ0n) is 21.4. The number of nitrogens with one attached hydrogen (secondary N) is 1. The van der Waals surface area contributed by atoms with E-state index >= 15 is 0 Å². The molecule has 7 heteroatoms. The molecule has 3 saturated carbocycles. The van der Waals surface area contributed by atoms with Gasteiger partial charge in [-0.15, -0.1) is 0 Å². The lowest BCUT2D eigenvalue weighted by Gasteiger charge is -2.64. The van der Waals surface area contributed by atoms with Crippen LogP contribution in [0.5, 0.6) is 0 Å². The third-order valence-electron chi connectivity index (χ3n) is 9.20. The highest BCUT2D eigenvalue weighted by atomic mass is 16.7. The van der Waals surface area contributed by atoms with Gasteiger partial charge in [-0.2, -0.15) is 0 Å². The summed E-state index contributed by atoms with van der Waals surface area (Å²) >= 11 is 0. The number of methoxy groups -OCH3 is 1. The second kappa shape index (κ2) is 8.75. The van der Waals surface area contributed by atoms with Gasteiger partial charge in [0.1, 0.15) is 5.58 Å². The van der Waals surface area contributed by atoms with E-state index in [1.54, 1.807) is 13.4 Å². The van der Waals surface area contributed by atoms with Crippen LogP contribution >= 0.6 is 0 Å². The summed E-state index contributed by atoms with van der Waals surface area (Å²) in [5, 5.41) is 4.27. The van der Waals surface area contributed by atoms with Gasteiger partial charge in [0.05, 0.1) is 23.9 Å². The fourth-order valence-electron chi connectivity index (χ4n) is 6.99. The molecule has 4 aliphatic rings. The largest absolute Gasteiger partial charge is 0.482 e. The van der Waals surface area contributed by atoms with Crippen LogP contribution in [0.2, 0.25) is 0 Å². The Bertz CT molecular complexity index is 1260. The fourth-order valence-corrected chi connectivity index (χ4v) is 6.99. The highest BCUT2D eigenvalue weighted by Gasteiger charge is 2.68. The minimum Gasteiger partial charge on any atom is -0.464 e. The number of furan rings is 1. The predicted octanol–water partition coefficient (Wildman–Crippen LogP) is 5.12. The third kappa shape index (κ3) is 3.71. The number of carbonyl (C=O) groups excluding carboxylic acids is 1. The molecule has 2 heterocycles. The molecule has 36 heavy (non-hydrogen) atoms. The molecule has 1 aromatic heterocycles. The van der Waals surface area contributed by atoms with Gasteiger partial charge in [0.2, 0.25) is 0 Å². The van der Waals surface area contributed by atoms with Gasteiger partial charge in [0.15, 0.2) is 6.10 Å². The smallest absolute Gasteiger partial charge is 0.464 e. The number of ether oxygens (including phenoxy) is 1. The van der Waals surface area contributed by atoms with E-state index in [0.29, 0.717) is 18.3 Å². The van der Waals surface area contributed by atoms with Gasteiger partial charge in [0.25, 0.3) is 5.91 Å². The van der Waals surface area contributed by atoms with Crippen molar-refractivity contribution >= 4 is 24.0 Å². The van der Waals surface area contributed by atoms with E-state index in [4.69, 9.17) is 18.5 Å². The van der Waals surface area contributed by atoms with Crippen LogP contribution in [0.25, 0.3) is 11.0 Å². The van der Waals surface area contributed by atoms with Crippen molar-refractivity contribution in [3.8, 4) is 0 Å². The molecule has 2 unspecified atom stereocenters. The maximum atomic E-state index is 13.5. The lowest BCUT2D eigenvalue weighted by Crippen LogP contribution is -2.65. The summed E-state index contributed by atoms with van der Waals surface area (Å²) in [5.41, 5.74) is 2.54. The average Bonchev–Trinajstić information content (AvgIpc) is 3.45. The number of benzene rings is 2. The molecule has 2 bridgehead atoms. The lowest BCUT2D eigenvalue weighted by molar-refractivity contribution is -0.199. The predicted molar refractivity (Wildman–Crippen MR) is 138 cm³/mol. The van der Waals surface area contributed by atoms with Gasteiger partial charge in [-0.25, -0.2) is 0 Å². The summed E-state index contributed by atoms with van der Waals surface area (Å²) in [5.74, 6) is 0.492. The van der Waals surface area contributed by atoms with Crippen molar-refractivity contribution in [1.82, 2.24) is 5.32 Å². The van der Waals surface area contributed by atoms with Crippen LogP contribution < -0.4 is 5.32 Å². The van der Waals surface area contributed by atoms with Crippen LogP contribution in [0.4, 0.5) is 0 Å². The number of hydrogen-bond acceptors (Lipinski definition) is 5. The molecule has 1 amide bonds.